The van der Waals surface area contributed by atoms with Crippen LogP contribution in [0, 0.1) is 5.92 Å². The number of ether oxygens (including phenoxy) is 1. The van der Waals surface area contributed by atoms with Crippen molar-refractivity contribution in [3.63, 3.8) is 0 Å². The number of hydrogen-bond donors (Lipinski definition) is 0. The van der Waals surface area contributed by atoms with Crippen molar-refractivity contribution in [3.8, 4) is 0 Å². The van der Waals surface area contributed by atoms with Crippen LogP contribution < -0.4 is 0 Å². The van der Waals surface area contributed by atoms with Crippen molar-refractivity contribution >= 4 is 27.7 Å². The summed E-state index contributed by atoms with van der Waals surface area (Å²) in [4.78, 5) is 24.2. The van der Waals surface area contributed by atoms with Gasteiger partial charge in [0.05, 0.1) is 11.4 Å². The third kappa shape index (κ3) is 8.30. The van der Waals surface area contributed by atoms with Crippen LogP contribution in [0.2, 0.25) is 0 Å². The molecule has 0 spiro atoms. The fourth-order valence-electron chi connectivity index (χ4n) is 2.68. The molecule has 0 saturated heterocycles. The number of carbonyl (C=O) groups excluding carboxylic acids is 2. The molecule has 0 amide bonds. The minimum absolute atomic E-state index is 0.0511. The topological polar surface area (TPSA) is 43.4 Å². The van der Waals surface area contributed by atoms with Gasteiger partial charge in [0, 0.05) is 0 Å². The molecule has 0 bridgehead atoms. The number of alkyl halides is 1. The van der Waals surface area contributed by atoms with Crippen LogP contribution in [0.5, 0.6) is 0 Å². The van der Waals surface area contributed by atoms with Crippen LogP contribution in [0.3, 0.4) is 0 Å². The second kappa shape index (κ2) is 12.1. The number of carbonyl (C=O) groups is 2. The summed E-state index contributed by atoms with van der Waals surface area (Å²) in [6.07, 6.45) is 11.2. The maximum absolute atomic E-state index is 12.5. The van der Waals surface area contributed by atoms with E-state index in [4.69, 9.17) is 4.74 Å². The maximum atomic E-state index is 12.5. The first kappa shape index (κ1) is 21.6. The fourth-order valence-corrected chi connectivity index (χ4v) is 3.24. The van der Waals surface area contributed by atoms with E-state index in [1.165, 1.54) is 45.6 Å². The van der Waals surface area contributed by atoms with Gasteiger partial charge in [0.2, 0.25) is 0 Å². The summed E-state index contributed by atoms with van der Waals surface area (Å²) in [7, 11) is 1.34. The van der Waals surface area contributed by atoms with E-state index in [9.17, 15) is 9.59 Å². The predicted molar refractivity (Wildman–Crippen MR) is 95.4 cm³/mol. The van der Waals surface area contributed by atoms with E-state index in [0.717, 1.165) is 19.3 Å². The first-order valence-electron chi connectivity index (χ1n) is 8.71. The average Bonchev–Trinajstić information content (AvgIpc) is 2.50. The number of Topliss-reactive ketones (excluding diaryl/α,β-unsaturated/α-hetero) is 1. The van der Waals surface area contributed by atoms with E-state index in [1.54, 1.807) is 0 Å². The second-order valence-corrected chi connectivity index (χ2v) is 8.02. The van der Waals surface area contributed by atoms with Gasteiger partial charge >= 0.3 is 5.97 Å². The maximum Gasteiger partial charge on any atom is 0.316 e. The van der Waals surface area contributed by atoms with Gasteiger partial charge in [-0.05, 0) is 19.8 Å². The van der Waals surface area contributed by atoms with Gasteiger partial charge in [-0.2, -0.15) is 0 Å². The molecular formula is C18H33BrO3. The Hall–Kier alpha value is -0.380. The van der Waals surface area contributed by atoms with Gasteiger partial charge in [0.1, 0.15) is 5.92 Å². The molecule has 3 nitrogen and oxygen atoms in total. The Morgan fingerprint density at radius 2 is 1.50 bits per heavy atom. The zero-order chi connectivity index (χ0) is 17.0. The number of methoxy groups -OCH3 is 1. The molecule has 0 fully saturated rings. The highest BCUT2D eigenvalue weighted by Gasteiger charge is 2.38. The molecule has 0 aliphatic carbocycles. The largest absolute Gasteiger partial charge is 0.468 e. The fraction of sp³-hybridized carbons (Fsp3) is 0.889. The summed E-state index contributed by atoms with van der Waals surface area (Å²) in [5.41, 5.74) is 0. The van der Waals surface area contributed by atoms with Crippen LogP contribution in [-0.4, -0.2) is 23.2 Å². The molecule has 0 saturated carbocycles. The molecule has 0 radical (unpaired) electrons. The van der Waals surface area contributed by atoms with Crippen LogP contribution in [0.1, 0.15) is 85.0 Å². The summed E-state index contributed by atoms with van der Waals surface area (Å²) < 4.78 is 4.11. The Labute approximate surface area is 144 Å². The monoisotopic (exact) mass is 376 g/mol. The molecule has 0 rings (SSSR count). The quantitative estimate of drug-likeness (QED) is 0.186. The van der Waals surface area contributed by atoms with Crippen LogP contribution in [0.4, 0.5) is 0 Å². The average molecular weight is 377 g/mol. The van der Waals surface area contributed by atoms with E-state index >= 15 is 0 Å². The summed E-state index contributed by atoms with van der Waals surface area (Å²) in [5.74, 6) is -1.12. The standard InChI is InChI=1S/C18H33BrO3/c1-5-7-8-9-10-11-12-13-14-18(3,19)16(20)15(6-2)17(21)22-4/h15H,5-14H2,1-4H3/t15-,18-/m1/s1. The minimum atomic E-state index is -0.650. The highest BCUT2D eigenvalue weighted by Crippen LogP contribution is 2.30. The summed E-state index contributed by atoms with van der Waals surface area (Å²) in [5, 5.41) is 0. The third-order valence-electron chi connectivity index (χ3n) is 4.22. The molecule has 0 aromatic carbocycles. The van der Waals surface area contributed by atoms with Crippen molar-refractivity contribution in [1.82, 2.24) is 0 Å². The van der Waals surface area contributed by atoms with Gasteiger partial charge < -0.3 is 4.74 Å². The number of ketones is 1. The van der Waals surface area contributed by atoms with Gasteiger partial charge in [-0.1, -0.05) is 81.1 Å². The molecule has 130 valence electrons. The molecule has 0 aromatic heterocycles. The second-order valence-electron chi connectivity index (χ2n) is 6.27. The molecule has 0 aromatic rings. The van der Waals surface area contributed by atoms with Crippen LogP contribution in [0.15, 0.2) is 0 Å². The van der Waals surface area contributed by atoms with Crippen molar-refractivity contribution in [1.29, 1.82) is 0 Å². The highest BCUT2D eigenvalue weighted by atomic mass is 79.9. The van der Waals surface area contributed by atoms with Crippen molar-refractivity contribution in [2.45, 2.75) is 89.3 Å². The number of hydrogen-bond acceptors (Lipinski definition) is 3. The molecule has 0 unspecified atom stereocenters. The number of unbranched alkanes of at least 4 members (excludes halogenated alkanes) is 7. The van der Waals surface area contributed by atoms with E-state index in [2.05, 4.69) is 22.9 Å². The predicted octanol–water partition coefficient (Wildman–Crippen LogP) is 5.44. The van der Waals surface area contributed by atoms with E-state index in [1.807, 2.05) is 13.8 Å². The molecular weight excluding hydrogens is 344 g/mol. The lowest BCUT2D eigenvalue weighted by molar-refractivity contribution is -0.150. The SMILES string of the molecule is CCCCCCCCCC[C@@](C)(Br)C(=O)[C@@H](CC)C(=O)OC. The Balaban J connectivity index is 4.07. The van der Waals surface area contributed by atoms with Crippen LogP contribution in [0.25, 0.3) is 0 Å². The van der Waals surface area contributed by atoms with Crippen molar-refractivity contribution in [2.75, 3.05) is 7.11 Å². The molecule has 4 heteroatoms. The van der Waals surface area contributed by atoms with Gasteiger partial charge in [-0.15, -0.1) is 0 Å². The summed E-state index contributed by atoms with van der Waals surface area (Å²) >= 11 is 3.53. The van der Waals surface area contributed by atoms with Crippen molar-refractivity contribution in [3.05, 3.63) is 0 Å². The third-order valence-corrected chi connectivity index (χ3v) is 5.01. The Morgan fingerprint density at radius 1 is 1.00 bits per heavy atom. The van der Waals surface area contributed by atoms with Crippen molar-refractivity contribution in [2.24, 2.45) is 5.92 Å². The Bertz CT molecular complexity index is 326. The van der Waals surface area contributed by atoms with Gasteiger partial charge in [0.25, 0.3) is 0 Å². The van der Waals surface area contributed by atoms with E-state index in [0.29, 0.717) is 6.42 Å². The normalized spacial score (nSPS) is 15.1. The van der Waals surface area contributed by atoms with Crippen LogP contribution >= 0.6 is 15.9 Å². The van der Waals surface area contributed by atoms with Gasteiger partial charge in [0.15, 0.2) is 5.78 Å². The molecule has 0 aliphatic rings. The number of halogens is 1. The lowest BCUT2D eigenvalue weighted by Gasteiger charge is -2.25. The zero-order valence-corrected chi connectivity index (χ0v) is 16.3. The van der Waals surface area contributed by atoms with E-state index in [-0.39, 0.29) is 5.78 Å². The summed E-state index contributed by atoms with van der Waals surface area (Å²) in [6, 6.07) is 0. The minimum Gasteiger partial charge on any atom is -0.468 e. The van der Waals surface area contributed by atoms with Crippen molar-refractivity contribution < 1.29 is 14.3 Å². The van der Waals surface area contributed by atoms with E-state index < -0.39 is 16.2 Å². The number of esters is 1. The smallest absolute Gasteiger partial charge is 0.316 e. The molecule has 0 heterocycles. The molecule has 22 heavy (non-hydrogen) atoms. The number of rotatable bonds is 13. The molecule has 0 aliphatic heterocycles. The lowest BCUT2D eigenvalue weighted by atomic mass is 9.88. The Kier molecular flexibility index (Phi) is 11.9. The Morgan fingerprint density at radius 3 is 1.95 bits per heavy atom. The molecule has 0 N–H and O–H groups in total. The van der Waals surface area contributed by atoms with Crippen LogP contribution in [-0.2, 0) is 14.3 Å². The highest BCUT2D eigenvalue weighted by molar-refractivity contribution is 9.10. The first-order valence-corrected chi connectivity index (χ1v) is 9.51. The lowest BCUT2D eigenvalue weighted by Crippen LogP contribution is -2.38. The zero-order valence-electron chi connectivity index (χ0n) is 14.8. The first-order chi connectivity index (χ1) is 10.4. The summed E-state index contributed by atoms with van der Waals surface area (Å²) in [6.45, 7) is 5.95. The van der Waals surface area contributed by atoms with Gasteiger partial charge in [-0.25, -0.2) is 0 Å². The van der Waals surface area contributed by atoms with Gasteiger partial charge in [-0.3, -0.25) is 9.59 Å². The molecule has 2 atom stereocenters.